The van der Waals surface area contributed by atoms with Crippen LogP contribution >= 0.6 is 15.9 Å². The lowest BCUT2D eigenvalue weighted by molar-refractivity contribution is -0.116. The number of nitrogens with zero attached hydrogens (tertiary/aromatic N) is 1. The number of carbonyl (C=O) groups excluding carboxylic acids is 1. The number of halogens is 1. The van der Waals surface area contributed by atoms with Crippen LogP contribution < -0.4 is 10.6 Å². The number of aromatic nitrogens is 1. The maximum atomic E-state index is 11.5. The fourth-order valence-corrected chi connectivity index (χ4v) is 1.57. The summed E-state index contributed by atoms with van der Waals surface area (Å²) in [4.78, 5) is 15.6. The third-order valence-corrected chi connectivity index (χ3v) is 2.83. The zero-order chi connectivity index (χ0) is 11.4. The van der Waals surface area contributed by atoms with Gasteiger partial charge in [-0.3, -0.25) is 4.79 Å². The van der Waals surface area contributed by atoms with Crippen LogP contribution in [0.2, 0.25) is 0 Å². The van der Waals surface area contributed by atoms with Gasteiger partial charge in [-0.2, -0.15) is 0 Å². The summed E-state index contributed by atoms with van der Waals surface area (Å²) >= 11 is 3.29. The predicted octanol–water partition coefficient (Wildman–Crippen LogP) is 1.92. The molecule has 1 amide bonds. The lowest BCUT2D eigenvalue weighted by Crippen LogP contribution is -2.23. The van der Waals surface area contributed by atoms with Crippen LogP contribution in [-0.4, -0.2) is 23.5 Å². The van der Waals surface area contributed by atoms with E-state index in [4.69, 9.17) is 0 Å². The number of rotatable bonds is 5. The zero-order valence-electron chi connectivity index (χ0n) is 8.87. The smallest absolute Gasteiger partial charge is 0.226 e. The van der Waals surface area contributed by atoms with E-state index in [2.05, 4.69) is 31.5 Å². The van der Waals surface area contributed by atoms with Gasteiger partial charge >= 0.3 is 0 Å². The van der Waals surface area contributed by atoms with E-state index >= 15 is 0 Å². The first-order valence-electron chi connectivity index (χ1n) is 5.39. The monoisotopic (exact) mass is 283 g/mol. The molecule has 1 heterocycles. The molecule has 1 fully saturated rings. The van der Waals surface area contributed by atoms with Gasteiger partial charge in [0.1, 0.15) is 5.82 Å². The van der Waals surface area contributed by atoms with E-state index in [0.29, 0.717) is 18.3 Å². The Labute approximate surface area is 103 Å². The van der Waals surface area contributed by atoms with Gasteiger partial charge in [-0.1, -0.05) is 0 Å². The number of amides is 1. The van der Waals surface area contributed by atoms with Crippen molar-refractivity contribution in [2.75, 3.05) is 11.9 Å². The predicted molar refractivity (Wildman–Crippen MR) is 66.2 cm³/mol. The Morgan fingerprint density at radius 2 is 2.31 bits per heavy atom. The summed E-state index contributed by atoms with van der Waals surface area (Å²) in [6.07, 6.45) is 4.65. The molecule has 0 unspecified atom stereocenters. The van der Waals surface area contributed by atoms with Gasteiger partial charge in [-0.15, -0.1) is 0 Å². The molecule has 1 aromatic rings. The number of hydrogen-bond donors (Lipinski definition) is 2. The molecule has 0 aliphatic heterocycles. The van der Waals surface area contributed by atoms with Crippen molar-refractivity contribution in [3.63, 3.8) is 0 Å². The quantitative estimate of drug-likeness (QED) is 0.868. The molecule has 0 bridgehead atoms. The highest BCUT2D eigenvalue weighted by Gasteiger charge is 2.20. The molecule has 1 aliphatic carbocycles. The highest BCUT2D eigenvalue weighted by molar-refractivity contribution is 9.10. The van der Waals surface area contributed by atoms with Gasteiger partial charge in [0.25, 0.3) is 0 Å². The normalized spacial score (nSPS) is 14.8. The first-order chi connectivity index (χ1) is 7.74. The van der Waals surface area contributed by atoms with Crippen molar-refractivity contribution >= 4 is 27.7 Å². The molecular weight excluding hydrogens is 270 g/mol. The third kappa shape index (κ3) is 3.90. The van der Waals surface area contributed by atoms with E-state index in [1.165, 1.54) is 12.8 Å². The lowest BCUT2D eigenvalue weighted by Gasteiger charge is -2.04. The van der Waals surface area contributed by atoms with Gasteiger partial charge in [0.05, 0.1) is 0 Å². The molecule has 0 spiro atoms. The molecule has 1 saturated carbocycles. The Bertz CT molecular complexity index is 362. The van der Waals surface area contributed by atoms with E-state index in [-0.39, 0.29) is 5.91 Å². The minimum atomic E-state index is 0.00275. The van der Waals surface area contributed by atoms with Crippen molar-refractivity contribution < 1.29 is 4.79 Å². The Morgan fingerprint density at radius 3 is 2.94 bits per heavy atom. The van der Waals surface area contributed by atoms with E-state index in [1.54, 1.807) is 12.3 Å². The Balaban J connectivity index is 1.70. The highest BCUT2D eigenvalue weighted by Crippen LogP contribution is 2.18. The molecule has 5 heteroatoms. The number of carbonyl (C=O) groups is 1. The molecule has 0 saturated heterocycles. The molecule has 16 heavy (non-hydrogen) atoms. The lowest BCUT2D eigenvalue weighted by atomic mass is 10.3. The van der Waals surface area contributed by atoms with Crippen molar-refractivity contribution in [3.8, 4) is 0 Å². The molecule has 0 aromatic carbocycles. The van der Waals surface area contributed by atoms with Crippen LogP contribution in [0.4, 0.5) is 5.82 Å². The fourth-order valence-electron chi connectivity index (χ4n) is 1.33. The zero-order valence-corrected chi connectivity index (χ0v) is 10.5. The average molecular weight is 284 g/mol. The summed E-state index contributed by atoms with van der Waals surface area (Å²) in [6, 6.07) is 4.28. The van der Waals surface area contributed by atoms with Gasteiger partial charge in [0, 0.05) is 29.7 Å². The molecule has 4 nitrogen and oxygen atoms in total. The van der Waals surface area contributed by atoms with Gasteiger partial charge < -0.3 is 10.6 Å². The first-order valence-corrected chi connectivity index (χ1v) is 6.18. The molecule has 1 aliphatic rings. The van der Waals surface area contributed by atoms with Crippen molar-refractivity contribution in [3.05, 3.63) is 22.8 Å². The Hall–Kier alpha value is -0.940. The van der Waals surface area contributed by atoms with Crippen molar-refractivity contribution in [2.24, 2.45) is 0 Å². The summed E-state index contributed by atoms with van der Waals surface area (Å²) in [5.41, 5.74) is 0. The number of anilines is 1. The maximum Gasteiger partial charge on any atom is 0.226 e. The molecule has 2 N–H and O–H groups in total. The number of pyridine rings is 1. The summed E-state index contributed by atoms with van der Waals surface area (Å²) in [5.74, 6) is 0.600. The van der Waals surface area contributed by atoms with E-state index < -0.39 is 0 Å². The summed E-state index contributed by atoms with van der Waals surface area (Å²) in [5, 5.41) is 6.05. The van der Waals surface area contributed by atoms with E-state index in [9.17, 15) is 4.79 Å². The van der Waals surface area contributed by atoms with Crippen LogP contribution in [0.15, 0.2) is 22.8 Å². The van der Waals surface area contributed by atoms with Crippen molar-refractivity contribution in [1.82, 2.24) is 10.3 Å². The standard InChI is InChI=1S/C11H14BrN3O/c12-8-1-4-10(14-7-8)15-11(16)5-6-13-9-2-3-9/h1,4,7,9,13H,2-3,5-6H2,(H,14,15,16). The number of hydrogen-bond acceptors (Lipinski definition) is 3. The van der Waals surface area contributed by atoms with E-state index in [1.807, 2.05) is 6.07 Å². The van der Waals surface area contributed by atoms with Gasteiger partial charge in [-0.25, -0.2) is 4.98 Å². The summed E-state index contributed by atoms with van der Waals surface area (Å²) in [6.45, 7) is 0.743. The topological polar surface area (TPSA) is 54.0 Å². The minimum absolute atomic E-state index is 0.00275. The fraction of sp³-hybridized carbons (Fsp3) is 0.455. The Kier molecular flexibility index (Phi) is 3.90. The average Bonchev–Trinajstić information content (AvgIpc) is 3.05. The van der Waals surface area contributed by atoms with Crippen LogP contribution in [-0.2, 0) is 4.79 Å². The third-order valence-electron chi connectivity index (χ3n) is 2.36. The largest absolute Gasteiger partial charge is 0.313 e. The SMILES string of the molecule is O=C(CCNC1CC1)Nc1ccc(Br)cn1. The number of nitrogens with one attached hydrogen (secondary N) is 2. The second kappa shape index (κ2) is 5.41. The molecule has 86 valence electrons. The first kappa shape index (κ1) is 11.5. The van der Waals surface area contributed by atoms with Crippen molar-refractivity contribution in [2.45, 2.75) is 25.3 Å². The molecule has 0 atom stereocenters. The second-order valence-electron chi connectivity index (χ2n) is 3.89. The van der Waals surface area contributed by atoms with Crippen LogP contribution in [0.1, 0.15) is 19.3 Å². The molecule has 2 rings (SSSR count). The second-order valence-corrected chi connectivity index (χ2v) is 4.80. The molecular formula is C11H14BrN3O. The summed E-state index contributed by atoms with van der Waals surface area (Å²) < 4.78 is 0.904. The van der Waals surface area contributed by atoms with Crippen molar-refractivity contribution in [1.29, 1.82) is 0 Å². The minimum Gasteiger partial charge on any atom is -0.313 e. The molecule has 0 radical (unpaired) electrons. The molecule has 1 aromatic heterocycles. The van der Waals surface area contributed by atoms with Crippen LogP contribution in [0.25, 0.3) is 0 Å². The van der Waals surface area contributed by atoms with Gasteiger partial charge in [-0.05, 0) is 40.9 Å². The van der Waals surface area contributed by atoms with Crippen LogP contribution in [0, 0.1) is 0 Å². The summed E-state index contributed by atoms with van der Waals surface area (Å²) in [7, 11) is 0. The van der Waals surface area contributed by atoms with Gasteiger partial charge in [0.15, 0.2) is 0 Å². The van der Waals surface area contributed by atoms with Crippen LogP contribution in [0.3, 0.4) is 0 Å². The Morgan fingerprint density at radius 1 is 1.50 bits per heavy atom. The van der Waals surface area contributed by atoms with Crippen LogP contribution in [0.5, 0.6) is 0 Å². The maximum absolute atomic E-state index is 11.5. The van der Waals surface area contributed by atoms with E-state index in [0.717, 1.165) is 11.0 Å². The highest BCUT2D eigenvalue weighted by atomic mass is 79.9. The van der Waals surface area contributed by atoms with Gasteiger partial charge in [0.2, 0.25) is 5.91 Å².